The van der Waals surface area contributed by atoms with Crippen LogP contribution in [0.25, 0.3) is 0 Å². The van der Waals surface area contributed by atoms with E-state index in [2.05, 4.69) is 63.3 Å². The number of rotatable bonds is 5. The van der Waals surface area contributed by atoms with Crippen molar-refractivity contribution in [3.63, 3.8) is 0 Å². The van der Waals surface area contributed by atoms with Gasteiger partial charge in [0.05, 0.1) is 0 Å². The molecule has 1 aliphatic carbocycles. The summed E-state index contributed by atoms with van der Waals surface area (Å²) in [5.74, 6) is 0. The van der Waals surface area contributed by atoms with Gasteiger partial charge in [-0.05, 0) is 57.5 Å². The molecule has 0 bridgehead atoms. The number of halogens is 1. The third-order valence-electron chi connectivity index (χ3n) is 4.67. The Labute approximate surface area is 136 Å². The van der Waals surface area contributed by atoms with Gasteiger partial charge >= 0.3 is 0 Å². The van der Waals surface area contributed by atoms with E-state index in [1.54, 1.807) is 0 Å². The van der Waals surface area contributed by atoms with Crippen LogP contribution in [0.4, 0.5) is 5.69 Å². The van der Waals surface area contributed by atoms with Crippen LogP contribution in [-0.4, -0.2) is 44.2 Å². The first-order valence-corrected chi connectivity index (χ1v) is 8.86. The minimum absolute atomic E-state index is 0.668. The zero-order valence-electron chi connectivity index (χ0n) is 13.1. The topological polar surface area (TPSA) is 18.5 Å². The second-order valence-corrected chi connectivity index (χ2v) is 7.55. The molecular formula is C17H26BrN3. The van der Waals surface area contributed by atoms with E-state index >= 15 is 0 Å². The number of piperidine rings is 1. The summed E-state index contributed by atoms with van der Waals surface area (Å²) in [5.41, 5.74) is 2.84. The SMILES string of the molecule is CN(C)C1CCCN(c2cc(Br)ccc2CNC2CC2)C1. The van der Waals surface area contributed by atoms with Crippen molar-refractivity contribution in [3.05, 3.63) is 28.2 Å². The molecule has 1 saturated heterocycles. The highest BCUT2D eigenvalue weighted by atomic mass is 79.9. The molecule has 2 aliphatic rings. The van der Waals surface area contributed by atoms with Crippen molar-refractivity contribution in [2.24, 2.45) is 0 Å². The monoisotopic (exact) mass is 351 g/mol. The number of nitrogens with zero attached hydrogens (tertiary/aromatic N) is 2. The van der Waals surface area contributed by atoms with Crippen LogP contribution in [0.15, 0.2) is 22.7 Å². The van der Waals surface area contributed by atoms with Gasteiger partial charge in [-0.3, -0.25) is 0 Å². The standard InChI is InChI=1S/C17H26BrN3/c1-20(2)16-4-3-9-21(12-16)17-10-14(18)6-5-13(17)11-19-15-7-8-15/h5-6,10,15-16,19H,3-4,7-9,11-12H2,1-2H3. The number of hydrogen-bond donors (Lipinski definition) is 1. The van der Waals surface area contributed by atoms with Crippen molar-refractivity contribution in [3.8, 4) is 0 Å². The molecule has 1 N–H and O–H groups in total. The van der Waals surface area contributed by atoms with Crippen LogP contribution in [0, 0.1) is 0 Å². The van der Waals surface area contributed by atoms with Gasteiger partial charge in [-0.15, -0.1) is 0 Å². The Hall–Kier alpha value is -0.580. The number of hydrogen-bond acceptors (Lipinski definition) is 3. The Morgan fingerprint density at radius 1 is 1.29 bits per heavy atom. The van der Waals surface area contributed by atoms with Gasteiger partial charge < -0.3 is 15.1 Å². The highest BCUT2D eigenvalue weighted by Crippen LogP contribution is 2.29. The van der Waals surface area contributed by atoms with E-state index in [0.717, 1.165) is 19.1 Å². The molecule has 0 radical (unpaired) electrons. The molecular weight excluding hydrogens is 326 g/mol. The second-order valence-electron chi connectivity index (χ2n) is 6.63. The third-order valence-corrected chi connectivity index (χ3v) is 5.17. The molecule has 1 heterocycles. The van der Waals surface area contributed by atoms with E-state index in [-0.39, 0.29) is 0 Å². The first-order chi connectivity index (χ1) is 10.1. The van der Waals surface area contributed by atoms with Crippen LogP contribution in [0.2, 0.25) is 0 Å². The van der Waals surface area contributed by atoms with Crippen LogP contribution >= 0.6 is 15.9 Å². The summed E-state index contributed by atoms with van der Waals surface area (Å²) in [7, 11) is 4.40. The van der Waals surface area contributed by atoms with Crippen LogP contribution in [0.5, 0.6) is 0 Å². The molecule has 3 nitrogen and oxygen atoms in total. The fourth-order valence-electron chi connectivity index (χ4n) is 3.12. The molecule has 3 rings (SSSR count). The third kappa shape index (κ3) is 3.99. The van der Waals surface area contributed by atoms with Gasteiger partial charge in [0.15, 0.2) is 0 Å². The van der Waals surface area contributed by atoms with E-state index in [1.165, 1.54) is 48.0 Å². The van der Waals surface area contributed by atoms with Crippen molar-refractivity contribution >= 4 is 21.6 Å². The fraction of sp³-hybridized carbons (Fsp3) is 0.647. The summed E-state index contributed by atoms with van der Waals surface area (Å²) < 4.78 is 1.18. The van der Waals surface area contributed by atoms with E-state index in [9.17, 15) is 0 Å². The maximum Gasteiger partial charge on any atom is 0.0423 e. The summed E-state index contributed by atoms with van der Waals surface area (Å²) in [4.78, 5) is 4.94. The summed E-state index contributed by atoms with van der Waals surface area (Å²) in [5, 5.41) is 3.65. The number of nitrogens with one attached hydrogen (secondary N) is 1. The van der Waals surface area contributed by atoms with E-state index in [1.807, 2.05) is 0 Å². The molecule has 1 aromatic rings. The van der Waals surface area contributed by atoms with Gasteiger partial charge in [-0.1, -0.05) is 22.0 Å². The van der Waals surface area contributed by atoms with Gasteiger partial charge in [0.25, 0.3) is 0 Å². The predicted molar refractivity (Wildman–Crippen MR) is 92.9 cm³/mol. The Balaban J connectivity index is 1.76. The highest BCUT2D eigenvalue weighted by molar-refractivity contribution is 9.10. The van der Waals surface area contributed by atoms with E-state index < -0.39 is 0 Å². The minimum atomic E-state index is 0.668. The predicted octanol–water partition coefficient (Wildman–Crippen LogP) is 3.23. The lowest BCUT2D eigenvalue weighted by molar-refractivity contribution is 0.258. The Bertz CT molecular complexity index is 485. The van der Waals surface area contributed by atoms with E-state index in [4.69, 9.17) is 0 Å². The summed E-state index contributed by atoms with van der Waals surface area (Å²) >= 11 is 3.64. The van der Waals surface area contributed by atoms with Crippen molar-refractivity contribution in [2.45, 2.75) is 44.3 Å². The zero-order valence-corrected chi connectivity index (χ0v) is 14.7. The van der Waals surface area contributed by atoms with Crippen molar-refractivity contribution < 1.29 is 0 Å². The average Bonchev–Trinajstić information content (AvgIpc) is 3.30. The quantitative estimate of drug-likeness (QED) is 0.878. The average molecular weight is 352 g/mol. The smallest absolute Gasteiger partial charge is 0.0423 e. The first-order valence-electron chi connectivity index (χ1n) is 8.06. The highest BCUT2D eigenvalue weighted by Gasteiger charge is 2.24. The van der Waals surface area contributed by atoms with Crippen LogP contribution in [0.3, 0.4) is 0 Å². The zero-order chi connectivity index (χ0) is 14.8. The maximum absolute atomic E-state index is 3.65. The van der Waals surface area contributed by atoms with Crippen molar-refractivity contribution in [1.29, 1.82) is 0 Å². The molecule has 21 heavy (non-hydrogen) atoms. The molecule has 4 heteroatoms. The minimum Gasteiger partial charge on any atom is -0.370 e. The largest absolute Gasteiger partial charge is 0.370 e. The molecule has 0 amide bonds. The summed E-state index contributed by atoms with van der Waals surface area (Å²) in [6.45, 7) is 3.31. The Morgan fingerprint density at radius 3 is 2.81 bits per heavy atom. The Kier molecular flexibility index (Phi) is 4.87. The van der Waals surface area contributed by atoms with Gasteiger partial charge in [-0.25, -0.2) is 0 Å². The van der Waals surface area contributed by atoms with Crippen molar-refractivity contribution in [1.82, 2.24) is 10.2 Å². The molecule has 1 unspecified atom stereocenters. The normalized spacial score (nSPS) is 22.9. The second kappa shape index (κ2) is 6.67. The first kappa shape index (κ1) is 15.3. The van der Waals surface area contributed by atoms with Gasteiger partial charge in [-0.2, -0.15) is 0 Å². The van der Waals surface area contributed by atoms with Gasteiger partial charge in [0, 0.05) is 41.9 Å². The molecule has 116 valence electrons. The molecule has 1 atom stereocenters. The molecule has 2 fully saturated rings. The van der Waals surface area contributed by atoms with Crippen LogP contribution in [-0.2, 0) is 6.54 Å². The number of benzene rings is 1. The lowest BCUT2D eigenvalue weighted by Crippen LogP contribution is -2.45. The van der Waals surface area contributed by atoms with E-state index in [0.29, 0.717) is 6.04 Å². The maximum atomic E-state index is 3.65. The van der Waals surface area contributed by atoms with Crippen LogP contribution in [0.1, 0.15) is 31.2 Å². The fourth-order valence-corrected chi connectivity index (χ4v) is 3.47. The summed E-state index contributed by atoms with van der Waals surface area (Å²) in [6, 6.07) is 8.16. The van der Waals surface area contributed by atoms with Gasteiger partial charge in [0.2, 0.25) is 0 Å². The van der Waals surface area contributed by atoms with Gasteiger partial charge in [0.1, 0.15) is 0 Å². The lowest BCUT2D eigenvalue weighted by Gasteiger charge is -2.38. The summed E-state index contributed by atoms with van der Waals surface area (Å²) in [6.07, 6.45) is 5.29. The molecule has 1 aliphatic heterocycles. The van der Waals surface area contributed by atoms with Crippen molar-refractivity contribution in [2.75, 3.05) is 32.1 Å². The Morgan fingerprint density at radius 2 is 2.10 bits per heavy atom. The molecule has 1 aromatic carbocycles. The molecule has 0 spiro atoms. The lowest BCUT2D eigenvalue weighted by atomic mass is 10.0. The molecule has 0 aromatic heterocycles. The number of likely N-dealkylation sites (N-methyl/N-ethyl adjacent to an activating group) is 1. The molecule has 1 saturated carbocycles. The number of anilines is 1. The van der Waals surface area contributed by atoms with Crippen LogP contribution < -0.4 is 10.2 Å².